The molecular weight excluding hydrogens is 939 g/mol. The van der Waals surface area contributed by atoms with Gasteiger partial charge in [0.2, 0.25) is 17.7 Å². The molecule has 1 saturated carbocycles. The number of carbonyl (C=O) groups excluding carboxylic acids is 1. The molecule has 0 radical (unpaired) electrons. The molecule has 4 heterocycles. The van der Waals surface area contributed by atoms with Gasteiger partial charge in [0.25, 0.3) is 5.56 Å². The van der Waals surface area contributed by atoms with Crippen LogP contribution in [-0.4, -0.2) is 118 Å². The minimum absolute atomic E-state index is 0.0949. The number of amides is 1. The van der Waals surface area contributed by atoms with Gasteiger partial charge in [0, 0.05) is 35.1 Å². The van der Waals surface area contributed by atoms with E-state index in [1.54, 1.807) is 19.9 Å². The van der Waals surface area contributed by atoms with E-state index in [0.717, 1.165) is 0 Å². The molecule has 23 nitrogen and oxygen atoms in total. The Morgan fingerprint density at radius 1 is 1.08 bits per heavy atom. The highest BCUT2D eigenvalue weighted by molar-refractivity contribution is 7.48. The molecule has 5 rings (SSSR count). The fourth-order valence-electron chi connectivity index (χ4n) is 8.05. The summed E-state index contributed by atoms with van der Waals surface area (Å²) in [5, 5.41) is 23.1. The Hall–Kier alpha value is -3.45. The van der Waals surface area contributed by atoms with Gasteiger partial charge in [0.1, 0.15) is 36.8 Å². The normalized spacial score (nSPS) is 23.9. The maximum Gasteiger partial charge on any atom is 0.695 e. The lowest BCUT2D eigenvalue weighted by Crippen LogP contribution is -2.62. The van der Waals surface area contributed by atoms with Crippen LogP contribution in [0.1, 0.15) is 94.7 Å². The summed E-state index contributed by atoms with van der Waals surface area (Å²) in [6.45, 7) is 16.9. The number of hydrogen-bond donors (Lipinski definition) is 5. The van der Waals surface area contributed by atoms with Crippen LogP contribution in [0.4, 0.5) is 5.95 Å². The number of fused-ring (bicyclic) bond motifs is 1. The van der Waals surface area contributed by atoms with Crippen molar-refractivity contribution in [2.75, 3.05) is 25.1 Å². The molecule has 2 unspecified atom stereocenters. The predicted octanol–water partition coefficient (Wildman–Crippen LogP) is 5.64. The van der Waals surface area contributed by atoms with Gasteiger partial charge in [0.05, 0.1) is 38.6 Å². The standard InChI is InChI=1S/C39H62N8O15P2Si2/c1-22(2)36(49)45-39-44-35-32(37(50)46-39)43-21-47(35)38-34(33(30(18-48)58-38)61-66(25(7)8,26(9)10)62-65(54,23(3)4)24(5)6)60-64(53,55-15-11-13-40)56-19-27-16-28(17-29(27)59-63(51)52)57-31-12-14-41-20-42-31/h12,14,20-30,33-34,38,48,54H,11,15-19H2,1-10H3,(H2-,44,45,46,49,50,51,52)/p+1/t27-,28-,29+,30-,33-,34-,38-,64?/m1/s1. The fourth-order valence-corrected chi connectivity index (χ4v) is 19.9. The second-order valence-electron chi connectivity index (χ2n) is 17.9. The molecule has 2 aliphatic rings. The van der Waals surface area contributed by atoms with Crippen LogP contribution in [0.2, 0.25) is 22.2 Å². The highest BCUT2D eigenvalue weighted by atomic mass is 31.2. The van der Waals surface area contributed by atoms with Gasteiger partial charge in [-0.05, 0) is 28.6 Å². The largest absolute Gasteiger partial charge is 0.695 e. The zero-order chi connectivity index (χ0) is 48.7. The molecule has 1 aliphatic carbocycles. The number of carbonyl (C=O) groups is 1. The maximum atomic E-state index is 15.2. The molecular formula is C39H63N8O15P2Si2+. The van der Waals surface area contributed by atoms with Gasteiger partial charge in [-0.1, -0.05) is 69.2 Å². The molecule has 0 spiro atoms. The van der Waals surface area contributed by atoms with Gasteiger partial charge >= 0.3 is 33.2 Å². The number of nitriles is 1. The van der Waals surface area contributed by atoms with Crippen LogP contribution < -0.4 is 15.6 Å². The average molecular weight is 1000 g/mol. The molecule has 1 amide bonds. The number of anilines is 1. The van der Waals surface area contributed by atoms with Crippen LogP contribution in [0.5, 0.6) is 5.88 Å². The Bertz CT molecular complexity index is 2250. The van der Waals surface area contributed by atoms with Crippen molar-refractivity contribution in [1.29, 1.82) is 5.26 Å². The van der Waals surface area contributed by atoms with Crippen molar-refractivity contribution >= 4 is 56.2 Å². The Kier molecular flexibility index (Phi) is 18.5. The van der Waals surface area contributed by atoms with Gasteiger partial charge in [-0.2, -0.15) is 10.2 Å². The summed E-state index contributed by atoms with van der Waals surface area (Å²) < 4.78 is 78.9. The number of rotatable bonds is 24. The number of ether oxygens (including phenoxy) is 2. The first-order valence-electron chi connectivity index (χ1n) is 21.9. The fraction of sp³-hybridized carbons (Fsp3) is 0.718. The van der Waals surface area contributed by atoms with Crippen molar-refractivity contribution in [2.45, 2.75) is 147 Å². The monoisotopic (exact) mass is 1000 g/mol. The predicted molar refractivity (Wildman–Crippen MR) is 241 cm³/mol. The van der Waals surface area contributed by atoms with Crippen LogP contribution in [0.25, 0.3) is 11.2 Å². The third-order valence-corrected chi connectivity index (χ3v) is 23.3. The van der Waals surface area contributed by atoms with Crippen molar-refractivity contribution in [3.05, 3.63) is 35.3 Å². The summed E-state index contributed by atoms with van der Waals surface area (Å²) in [4.78, 5) is 67.4. The summed E-state index contributed by atoms with van der Waals surface area (Å²) in [5.74, 6) is -1.58. The van der Waals surface area contributed by atoms with Crippen LogP contribution in [-0.2, 0) is 45.3 Å². The summed E-state index contributed by atoms with van der Waals surface area (Å²) in [7, 11) is -15.3. The number of phosphoric ester groups is 1. The first-order valence-corrected chi connectivity index (χ1v) is 28.5. The lowest BCUT2D eigenvalue weighted by Gasteiger charge is -2.47. The molecule has 0 bridgehead atoms. The van der Waals surface area contributed by atoms with E-state index in [1.165, 1.54) is 23.4 Å². The molecule has 66 heavy (non-hydrogen) atoms. The molecule has 27 heteroatoms. The number of nitrogens with zero attached hydrogens (tertiary/aromatic N) is 6. The number of H-pyrrole nitrogens is 1. The molecule has 1 saturated heterocycles. The maximum absolute atomic E-state index is 15.2. The quantitative estimate of drug-likeness (QED) is 0.0411. The number of phosphoric acid groups is 1. The number of aliphatic hydroxyl groups is 1. The van der Waals surface area contributed by atoms with E-state index < -0.39 is 113 Å². The highest BCUT2D eigenvalue weighted by Crippen LogP contribution is 2.56. The first-order chi connectivity index (χ1) is 31.1. The van der Waals surface area contributed by atoms with Crippen LogP contribution in [0.15, 0.2) is 29.7 Å². The molecule has 3 aromatic heterocycles. The number of nitrogens with one attached hydrogen (secondary N) is 2. The third kappa shape index (κ3) is 12.4. The van der Waals surface area contributed by atoms with Gasteiger partial charge < -0.3 is 27.9 Å². The number of hydrogen-bond acceptors (Lipinski definition) is 19. The minimum atomic E-state index is -4.90. The summed E-state index contributed by atoms with van der Waals surface area (Å²) in [5.41, 5.74) is -2.18. The van der Waals surface area contributed by atoms with Crippen molar-refractivity contribution in [3.63, 3.8) is 0 Å². The third-order valence-electron chi connectivity index (χ3n) is 11.7. The van der Waals surface area contributed by atoms with Crippen molar-refractivity contribution in [1.82, 2.24) is 29.5 Å². The number of aromatic nitrogens is 6. The van der Waals surface area contributed by atoms with Gasteiger partial charge in [-0.3, -0.25) is 38.0 Å². The number of aromatic amines is 1. The zero-order valence-electron chi connectivity index (χ0n) is 38.8. The van der Waals surface area contributed by atoms with Gasteiger partial charge in [-0.15, -0.1) is 9.42 Å². The number of imidazole rings is 1. The molecule has 1 aliphatic heterocycles. The first kappa shape index (κ1) is 53.5. The van der Waals surface area contributed by atoms with E-state index in [1.807, 2.05) is 61.5 Å². The van der Waals surface area contributed by atoms with E-state index in [9.17, 15) is 34.2 Å². The SMILES string of the molecule is CC(C)C(=O)Nc1nc2c(ncn2[C@@H]2O[C@H](CO)[C@@H](O[Si](O[Si](O)(C(C)C)C(C)C)(C(C)C)C(C)C)[C@H]2OP(=O)(OCCC#N)OC[C@H]2C[C@@H](Oc3ccncn3)C[C@@H]2O[P+](=O)O)c(=O)[nH]1. The van der Waals surface area contributed by atoms with Crippen molar-refractivity contribution < 1.29 is 64.8 Å². The molecule has 3 aromatic rings. The topological polar surface area (TPSA) is 311 Å². The summed E-state index contributed by atoms with van der Waals surface area (Å²) in [6, 6.07) is 3.48. The highest BCUT2D eigenvalue weighted by Gasteiger charge is 2.60. The van der Waals surface area contributed by atoms with Crippen LogP contribution >= 0.6 is 16.1 Å². The van der Waals surface area contributed by atoms with E-state index in [4.69, 9.17) is 36.1 Å². The lowest BCUT2D eigenvalue weighted by molar-refractivity contribution is -0.118. The van der Waals surface area contributed by atoms with Gasteiger partial charge in [-0.25, -0.2) is 19.5 Å². The summed E-state index contributed by atoms with van der Waals surface area (Å²) in [6.07, 6.45) is -3.03. The van der Waals surface area contributed by atoms with E-state index in [-0.39, 0.29) is 64.4 Å². The Morgan fingerprint density at radius 3 is 2.35 bits per heavy atom. The van der Waals surface area contributed by atoms with E-state index >= 15 is 4.57 Å². The zero-order valence-corrected chi connectivity index (χ0v) is 42.6. The van der Waals surface area contributed by atoms with E-state index in [2.05, 4.69) is 30.2 Å². The molecule has 9 atom stereocenters. The van der Waals surface area contributed by atoms with Gasteiger partial charge in [0.15, 0.2) is 17.4 Å². The molecule has 366 valence electrons. The van der Waals surface area contributed by atoms with Crippen LogP contribution in [0, 0.1) is 23.2 Å². The van der Waals surface area contributed by atoms with Crippen molar-refractivity contribution in [3.8, 4) is 11.9 Å². The average Bonchev–Trinajstić information content (AvgIpc) is 3.94. The Labute approximate surface area is 386 Å². The molecule has 5 N–H and O–H groups in total. The Balaban J connectivity index is 1.62. The molecule has 2 fully saturated rings. The lowest BCUT2D eigenvalue weighted by atomic mass is 10.1. The van der Waals surface area contributed by atoms with Crippen LogP contribution in [0.3, 0.4) is 0 Å². The second kappa shape index (κ2) is 22.8. The van der Waals surface area contributed by atoms with E-state index in [0.29, 0.717) is 0 Å². The molecule has 0 aromatic carbocycles. The number of aliphatic hydroxyl groups excluding tert-OH is 1. The second-order valence-corrected chi connectivity index (χ2v) is 28.8. The van der Waals surface area contributed by atoms with Crippen molar-refractivity contribution in [2.24, 2.45) is 11.8 Å². The summed E-state index contributed by atoms with van der Waals surface area (Å²) >= 11 is 0. The Morgan fingerprint density at radius 2 is 1.77 bits per heavy atom. The smallest absolute Gasteiger partial charge is 0.474 e. The minimum Gasteiger partial charge on any atom is -0.474 e.